The molecular weight excluding hydrogens is 284 g/mol. The average Bonchev–Trinajstić information content (AvgIpc) is 2.72. The molecule has 4 rings (SSSR count). The van der Waals surface area contributed by atoms with Gasteiger partial charge in [0.15, 0.2) is 12.0 Å². The van der Waals surface area contributed by atoms with Crippen molar-refractivity contribution in [3.05, 3.63) is 0 Å². The lowest BCUT2D eigenvalue weighted by Crippen LogP contribution is -2.60. The molecule has 1 N–H and O–H groups in total. The van der Waals surface area contributed by atoms with Gasteiger partial charge < -0.3 is 14.2 Å². The average molecular weight is 300 g/mol. The van der Waals surface area contributed by atoms with Crippen LogP contribution < -0.4 is 5.32 Å². The van der Waals surface area contributed by atoms with Crippen LogP contribution in [0, 0.1) is 0 Å². The summed E-state index contributed by atoms with van der Waals surface area (Å²) in [4.78, 5) is 25.2. The Morgan fingerprint density at radius 3 is 2.85 bits per heavy atom. The summed E-state index contributed by atoms with van der Waals surface area (Å²) in [6.07, 6.45) is -0.749. The molecule has 0 aromatic rings. The molecule has 0 spiro atoms. The van der Waals surface area contributed by atoms with Gasteiger partial charge in [-0.1, -0.05) is 0 Å². The van der Waals surface area contributed by atoms with E-state index in [4.69, 9.17) is 14.2 Å². The van der Waals surface area contributed by atoms with Gasteiger partial charge in [-0.05, 0) is 13.8 Å². The smallest absolute Gasteiger partial charge is 0.327 e. The molecule has 4 heterocycles. The summed E-state index contributed by atoms with van der Waals surface area (Å²) in [7, 11) is 0. The first kappa shape index (κ1) is 12.9. The first-order valence-electron chi connectivity index (χ1n) is 6.69. The van der Waals surface area contributed by atoms with Crippen LogP contribution in [0.15, 0.2) is 0 Å². The van der Waals surface area contributed by atoms with Crippen molar-refractivity contribution in [2.45, 2.75) is 56.0 Å². The minimum absolute atomic E-state index is 0.106. The number of carbonyl (C=O) groups excluding carboxylic acids is 2. The number of carbonyl (C=O) groups is 2. The van der Waals surface area contributed by atoms with Crippen LogP contribution in [0.2, 0.25) is 0 Å². The van der Waals surface area contributed by atoms with Crippen molar-refractivity contribution in [1.82, 2.24) is 10.2 Å². The fourth-order valence-electron chi connectivity index (χ4n) is 3.26. The Morgan fingerprint density at radius 1 is 1.30 bits per heavy atom. The van der Waals surface area contributed by atoms with Crippen LogP contribution in [0.5, 0.6) is 0 Å². The van der Waals surface area contributed by atoms with Crippen molar-refractivity contribution in [3.8, 4) is 0 Å². The SMILES string of the molecule is CC1(C)O[C@@H]2[C@H](O1)[C@H]1CS[C@H]3CC(=O)NC(=O)N3[C@@H]2O1. The number of hydrogen-bond donors (Lipinski definition) is 1. The first-order valence-corrected chi connectivity index (χ1v) is 7.74. The number of ether oxygens (including phenoxy) is 3. The van der Waals surface area contributed by atoms with E-state index in [-0.39, 0.29) is 29.6 Å². The molecule has 0 aromatic heterocycles. The third-order valence-corrected chi connectivity index (χ3v) is 5.30. The topological polar surface area (TPSA) is 77.1 Å². The number of fused-ring (bicyclic) bond motifs is 7. The zero-order valence-electron chi connectivity index (χ0n) is 11.2. The molecule has 0 aromatic carbocycles. The molecule has 0 saturated carbocycles. The van der Waals surface area contributed by atoms with E-state index in [1.165, 1.54) is 0 Å². The van der Waals surface area contributed by atoms with Gasteiger partial charge in [-0.25, -0.2) is 4.79 Å². The summed E-state index contributed by atoms with van der Waals surface area (Å²) < 4.78 is 17.7. The van der Waals surface area contributed by atoms with E-state index in [2.05, 4.69) is 5.32 Å². The number of thioether (sulfide) groups is 1. The molecule has 20 heavy (non-hydrogen) atoms. The maximum Gasteiger partial charge on any atom is 0.327 e. The van der Waals surface area contributed by atoms with E-state index in [1.54, 1.807) is 16.7 Å². The van der Waals surface area contributed by atoms with Gasteiger partial charge in [0.1, 0.15) is 12.2 Å². The molecule has 0 unspecified atom stereocenters. The number of nitrogens with zero attached hydrogens (tertiary/aromatic N) is 1. The van der Waals surface area contributed by atoms with E-state index < -0.39 is 18.0 Å². The summed E-state index contributed by atoms with van der Waals surface area (Å²) in [5, 5.41) is 2.17. The molecule has 8 heteroatoms. The highest BCUT2D eigenvalue weighted by Gasteiger charge is 2.60. The third-order valence-electron chi connectivity index (χ3n) is 4.00. The molecular formula is C12H16N2O5S. The Kier molecular flexibility index (Phi) is 2.64. The number of rotatable bonds is 0. The monoisotopic (exact) mass is 300 g/mol. The second-order valence-electron chi connectivity index (χ2n) is 5.88. The standard InChI is InChI=1S/C12H16N2O5S/c1-12(2)18-8-5-4-20-7-3-6(15)13-11(16)14(7)10(17-5)9(8)19-12/h5,7-10H,3-4H2,1-2H3,(H,13,15,16)/t5-,7+,8-,9-,10-/m1/s1. The molecule has 4 saturated heterocycles. The van der Waals surface area contributed by atoms with Gasteiger partial charge in [-0.15, -0.1) is 11.8 Å². The molecule has 0 aliphatic carbocycles. The normalized spacial score (nSPS) is 45.7. The molecule has 3 amide bonds. The second kappa shape index (κ2) is 4.09. The lowest BCUT2D eigenvalue weighted by Gasteiger charge is -2.38. The number of nitrogens with one attached hydrogen (secondary N) is 1. The fourth-order valence-corrected chi connectivity index (χ4v) is 4.59. The van der Waals surface area contributed by atoms with Crippen LogP contribution in [0.4, 0.5) is 4.79 Å². The van der Waals surface area contributed by atoms with Gasteiger partial charge in [0.25, 0.3) is 0 Å². The lowest BCUT2D eigenvalue weighted by molar-refractivity contribution is -0.198. The summed E-state index contributed by atoms with van der Waals surface area (Å²) in [5.41, 5.74) is 0. The minimum Gasteiger partial charge on any atom is -0.348 e. The van der Waals surface area contributed by atoms with E-state index in [9.17, 15) is 9.59 Å². The van der Waals surface area contributed by atoms with Crippen molar-refractivity contribution < 1.29 is 23.8 Å². The van der Waals surface area contributed by atoms with Crippen LogP contribution in [-0.4, -0.2) is 58.3 Å². The summed E-state index contributed by atoms with van der Waals surface area (Å²) in [6.45, 7) is 3.73. The number of hydrogen-bond acceptors (Lipinski definition) is 6. The predicted molar refractivity (Wildman–Crippen MR) is 68.7 cm³/mol. The van der Waals surface area contributed by atoms with E-state index >= 15 is 0 Å². The number of imide groups is 1. The number of amides is 3. The highest BCUT2D eigenvalue weighted by Crippen LogP contribution is 2.45. The Balaban J connectivity index is 1.67. The van der Waals surface area contributed by atoms with Crippen molar-refractivity contribution in [2.75, 3.05) is 5.75 Å². The van der Waals surface area contributed by atoms with E-state index in [0.29, 0.717) is 12.2 Å². The van der Waals surface area contributed by atoms with Gasteiger partial charge in [0.2, 0.25) is 5.91 Å². The maximum atomic E-state index is 12.1. The summed E-state index contributed by atoms with van der Waals surface area (Å²) in [5.74, 6) is -0.205. The quantitative estimate of drug-likeness (QED) is 0.691. The Morgan fingerprint density at radius 2 is 2.05 bits per heavy atom. The second-order valence-corrected chi connectivity index (χ2v) is 7.09. The summed E-state index contributed by atoms with van der Waals surface area (Å²) in [6, 6.07) is -0.404. The van der Waals surface area contributed by atoms with Crippen molar-refractivity contribution in [1.29, 1.82) is 0 Å². The van der Waals surface area contributed by atoms with Gasteiger partial charge in [-0.2, -0.15) is 0 Å². The highest BCUT2D eigenvalue weighted by molar-refractivity contribution is 7.99. The van der Waals surface area contributed by atoms with E-state index in [0.717, 1.165) is 0 Å². The Bertz CT molecular complexity index is 484. The van der Waals surface area contributed by atoms with Gasteiger partial charge in [0, 0.05) is 5.75 Å². The highest BCUT2D eigenvalue weighted by atomic mass is 32.2. The van der Waals surface area contributed by atoms with Crippen LogP contribution in [0.25, 0.3) is 0 Å². The van der Waals surface area contributed by atoms with Crippen LogP contribution in [-0.2, 0) is 19.0 Å². The van der Waals surface area contributed by atoms with Crippen molar-refractivity contribution in [3.63, 3.8) is 0 Å². The van der Waals surface area contributed by atoms with Crippen molar-refractivity contribution in [2.24, 2.45) is 0 Å². The van der Waals surface area contributed by atoms with Crippen molar-refractivity contribution >= 4 is 23.7 Å². The molecule has 4 aliphatic heterocycles. The third kappa shape index (κ3) is 1.78. The molecule has 5 atom stereocenters. The molecule has 2 bridgehead atoms. The van der Waals surface area contributed by atoms with Crippen LogP contribution >= 0.6 is 11.8 Å². The Labute approximate surface area is 120 Å². The fraction of sp³-hybridized carbons (Fsp3) is 0.833. The predicted octanol–water partition coefficient (Wildman–Crippen LogP) is 0.246. The molecule has 4 aliphatic rings. The summed E-state index contributed by atoms with van der Waals surface area (Å²) >= 11 is 1.57. The minimum atomic E-state index is -0.664. The molecule has 7 nitrogen and oxygen atoms in total. The zero-order chi connectivity index (χ0) is 14.1. The van der Waals surface area contributed by atoms with Gasteiger partial charge in [-0.3, -0.25) is 15.0 Å². The molecule has 110 valence electrons. The van der Waals surface area contributed by atoms with Gasteiger partial charge >= 0.3 is 6.03 Å². The van der Waals surface area contributed by atoms with Crippen LogP contribution in [0.1, 0.15) is 20.3 Å². The first-order chi connectivity index (χ1) is 9.44. The largest absolute Gasteiger partial charge is 0.348 e. The Hall–Kier alpha value is -0.830. The molecule has 0 radical (unpaired) electrons. The van der Waals surface area contributed by atoms with Crippen LogP contribution in [0.3, 0.4) is 0 Å². The van der Waals surface area contributed by atoms with Gasteiger partial charge in [0.05, 0.1) is 17.9 Å². The zero-order valence-corrected chi connectivity index (χ0v) is 12.0. The van der Waals surface area contributed by atoms with E-state index in [1.807, 2.05) is 13.8 Å². The maximum absolute atomic E-state index is 12.1. The lowest BCUT2D eigenvalue weighted by atomic mass is 10.1. The number of urea groups is 1. The molecule has 4 fully saturated rings.